The van der Waals surface area contributed by atoms with Gasteiger partial charge >= 0.3 is 0 Å². The van der Waals surface area contributed by atoms with E-state index in [1.54, 1.807) is 37.3 Å². The minimum atomic E-state index is -3.68. The van der Waals surface area contributed by atoms with Gasteiger partial charge in [-0.05, 0) is 42.3 Å². The van der Waals surface area contributed by atoms with Gasteiger partial charge in [0.1, 0.15) is 0 Å². The van der Waals surface area contributed by atoms with E-state index in [1.807, 2.05) is 6.07 Å². The van der Waals surface area contributed by atoms with Gasteiger partial charge in [-0.3, -0.25) is 4.72 Å². The van der Waals surface area contributed by atoms with Crippen LogP contribution in [0.2, 0.25) is 0 Å². The van der Waals surface area contributed by atoms with E-state index in [0.717, 1.165) is 4.47 Å². The van der Waals surface area contributed by atoms with Crippen molar-refractivity contribution < 1.29 is 13.5 Å². The zero-order valence-electron chi connectivity index (χ0n) is 10.8. The van der Waals surface area contributed by atoms with Gasteiger partial charge in [0.25, 0.3) is 10.0 Å². The highest BCUT2D eigenvalue weighted by Gasteiger charge is 2.17. The van der Waals surface area contributed by atoms with Gasteiger partial charge in [-0.15, -0.1) is 0 Å². The molecule has 0 fully saturated rings. The van der Waals surface area contributed by atoms with E-state index in [1.165, 1.54) is 6.07 Å². The zero-order chi connectivity index (χ0) is 14.8. The maximum atomic E-state index is 12.4. The first-order chi connectivity index (χ1) is 9.42. The van der Waals surface area contributed by atoms with Crippen LogP contribution in [-0.4, -0.2) is 13.5 Å². The Morgan fingerprint density at radius 1 is 1.20 bits per heavy atom. The predicted octanol–water partition coefficient (Wildman–Crippen LogP) is 3.05. The molecule has 0 heterocycles. The quantitative estimate of drug-likeness (QED) is 0.885. The average Bonchev–Trinajstić information content (AvgIpc) is 2.38. The summed E-state index contributed by atoms with van der Waals surface area (Å²) in [4.78, 5) is 0.170. The molecule has 0 radical (unpaired) electrons. The summed E-state index contributed by atoms with van der Waals surface area (Å²) >= 11 is 3.30. The van der Waals surface area contributed by atoms with Crippen molar-refractivity contribution in [3.05, 3.63) is 58.1 Å². The van der Waals surface area contributed by atoms with Crippen LogP contribution in [0, 0.1) is 6.92 Å². The van der Waals surface area contributed by atoms with Gasteiger partial charge in [0, 0.05) is 10.2 Å². The summed E-state index contributed by atoms with van der Waals surface area (Å²) in [5, 5.41) is 9.12. The number of anilines is 1. The third kappa shape index (κ3) is 3.39. The molecule has 2 N–H and O–H groups in total. The summed E-state index contributed by atoms with van der Waals surface area (Å²) < 4.78 is 28.1. The van der Waals surface area contributed by atoms with E-state index in [2.05, 4.69) is 20.7 Å². The maximum Gasteiger partial charge on any atom is 0.262 e. The van der Waals surface area contributed by atoms with Crippen molar-refractivity contribution in [2.75, 3.05) is 4.72 Å². The van der Waals surface area contributed by atoms with Crippen LogP contribution >= 0.6 is 15.9 Å². The van der Waals surface area contributed by atoms with Crippen molar-refractivity contribution in [1.82, 2.24) is 0 Å². The second-order valence-electron chi connectivity index (χ2n) is 4.37. The van der Waals surface area contributed by atoms with Crippen LogP contribution in [0.1, 0.15) is 11.1 Å². The van der Waals surface area contributed by atoms with Crippen molar-refractivity contribution in [1.29, 1.82) is 0 Å². The summed E-state index contributed by atoms with van der Waals surface area (Å²) in [5.74, 6) is 0. The number of halogens is 1. The number of nitrogens with one attached hydrogen (secondary N) is 1. The Hall–Kier alpha value is -1.37. The van der Waals surface area contributed by atoms with Gasteiger partial charge in [-0.1, -0.05) is 34.1 Å². The van der Waals surface area contributed by atoms with Crippen LogP contribution in [0.25, 0.3) is 0 Å². The van der Waals surface area contributed by atoms with Gasteiger partial charge in [-0.25, -0.2) is 8.42 Å². The molecule has 2 rings (SSSR count). The van der Waals surface area contributed by atoms with Crippen LogP contribution in [0.3, 0.4) is 0 Å². The fourth-order valence-corrected chi connectivity index (χ4v) is 3.54. The third-order valence-corrected chi connectivity index (χ3v) is 4.82. The molecule has 0 aliphatic heterocycles. The molecule has 0 saturated carbocycles. The molecule has 6 heteroatoms. The SMILES string of the molecule is Cc1ccc(CO)cc1S(=O)(=O)Nc1cccc(Br)c1. The number of aryl methyl sites for hydroxylation is 1. The molecule has 0 saturated heterocycles. The molecule has 0 aliphatic carbocycles. The number of aliphatic hydroxyl groups excluding tert-OH is 1. The van der Waals surface area contributed by atoms with Crippen LogP contribution in [0.5, 0.6) is 0 Å². The summed E-state index contributed by atoms with van der Waals surface area (Å²) in [5.41, 5.74) is 1.67. The highest BCUT2D eigenvalue weighted by atomic mass is 79.9. The fourth-order valence-electron chi connectivity index (χ4n) is 1.79. The van der Waals surface area contributed by atoms with E-state index in [4.69, 9.17) is 5.11 Å². The highest BCUT2D eigenvalue weighted by molar-refractivity contribution is 9.10. The average molecular weight is 356 g/mol. The first kappa shape index (κ1) is 15.0. The van der Waals surface area contributed by atoms with Gasteiger partial charge in [0.05, 0.1) is 11.5 Å². The number of aliphatic hydroxyl groups is 1. The second-order valence-corrected chi connectivity index (χ2v) is 6.94. The Kier molecular flexibility index (Phi) is 4.47. The van der Waals surface area contributed by atoms with Gasteiger partial charge < -0.3 is 5.11 Å². The number of rotatable bonds is 4. The molecule has 2 aromatic carbocycles. The van der Waals surface area contributed by atoms with Crippen LogP contribution in [-0.2, 0) is 16.6 Å². The lowest BCUT2D eigenvalue weighted by atomic mass is 10.2. The molecule has 0 aliphatic rings. The Bertz CT molecular complexity index is 729. The lowest BCUT2D eigenvalue weighted by molar-refractivity contribution is 0.281. The van der Waals surface area contributed by atoms with Crippen LogP contribution in [0.15, 0.2) is 51.8 Å². The normalized spacial score (nSPS) is 11.3. The molecule has 4 nitrogen and oxygen atoms in total. The molecule has 106 valence electrons. The maximum absolute atomic E-state index is 12.4. The molecule has 0 amide bonds. The minimum Gasteiger partial charge on any atom is -0.392 e. The third-order valence-electron chi connectivity index (χ3n) is 2.80. The molecule has 2 aromatic rings. The Morgan fingerprint density at radius 2 is 1.95 bits per heavy atom. The second kappa shape index (κ2) is 5.95. The molecular weight excluding hydrogens is 342 g/mol. The standard InChI is InChI=1S/C14H14BrNO3S/c1-10-5-6-11(9-17)7-14(10)20(18,19)16-13-4-2-3-12(15)8-13/h2-8,16-17H,9H2,1H3. The molecule has 0 bridgehead atoms. The van der Waals surface area contributed by atoms with E-state index in [-0.39, 0.29) is 11.5 Å². The summed E-state index contributed by atoms with van der Waals surface area (Å²) in [7, 11) is -3.68. The summed E-state index contributed by atoms with van der Waals surface area (Å²) in [6.07, 6.45) is 0. The van der Waals surface area contributed by atoms with E-state index < -0.39 is 10.0 Å². The molecule has 20 heavy (non-hydrogen) atoms. The lowest BCUT2D eigenvalue weighted by Crippen LogP contribution is -2.14. The number of benzene rings is 2. The molecule has 0 spiro atoms. The van der Waals surface area contributed by atoms with E-state index in [9.17, 15) is 8.42 Å². The van der Waals surface area contributed by atoms with Crippen molar-refractivity contribution in [3.63, 3.8) is 0 Å². The highest BCUT2D eigenvalue weighted by Crippen LogP contribution is 2.22. The monoisotopic (exact) mass is 355 g/mol. The van der Waals surface area contributed by atoms with Gasteiger partial charge in [-0.2, -0.15) is 0 Å². The number of hydrogen-bond acceptors (Lipinski definition) is 3. The Morgan fingerprint density at radius 3 is 2.60 bits per heavy atom. The Labute approximate surface area is 126 Å². The van der Waals surface area contributed by atoms with E-state index >= 15 is 0 Å². The molecule has 0 unspecified atom stereocenters. The van der Waals surface area contributed by atoms with Gasteiger partial charge in [0.2, 0.25) is 0 Å². The first-order valence-electron chi connectivity index (χ1n) is 5.91. The first-order valence-corrected chi connectivity index (χ1v) is 8.19. The van der Waals surface area contributed by atoms with Crippen molar-refractivity contribution in [3.8, 4) is 0 Å². The minimum absolute atomic E-state index is 0.170. The molecule has 0 atom stereocenters. The zero-order valence-corrected chi connectivity index (χ0v) is 13.2. The van der Waals surface area contributed by atoms with Gasteiger partial charge in [0.15, 0.2) is 0 Å². The summed E-state index contributed by atoms with van der Waals surface area (Å²) in [6, 6.07) is 11.8. The molecule has 0 aromatic heterocycles. The number of sulfonamides is 1. The fraction of sp³-hybridized carbons (Fsp3) is 0.143. The topological polar surface area (TPSA) is 66.4 Å². The van der Waals surface area contributed by atoms with Crippen molar-refractivity contribution in [2.24, 2.45) is 0 Å². The van der Waals surface area contributed by atoms with E-state index in [0.29, 0.717) is 16.8 Å². The van der Waals surface area contributed by atoms with Crippen molar-refractivity contribution >= 4 is 31.6 Å². The summed E-state index contributed by atoms with van der Waals surface area (Å²) in [6.45, 7) is 1.52. The van der Waals surface area contributed by atoms with Crippen LogP contribution in [0.4, 0.5) is 5.69 Å². The van der Waals surface area contributed by atoms with Crippen molar-refractivity contribution in [2.45, 2.75) is 18.4 Å². The largest absolute Gasteiger partial charge is 0.392 e. The smallest absolute Gasteiger partial charge is 0.262 e. The molecular formula is C14H14BrNO3S. The predicted molar refractivity (Wildman–Crippen MR) is 82.1 cm³/mol. The van der Waals surface area contributed by atoms with Crippen LogP contribution < -0.4 is 4.72 Å². The number of hydrogen-bond donors (Lipinski definition) is 2. The lowest BCUT2D eigenvalue weighted by Gasteiger charge is -2.11. The Balaban J connectivity index is 2.40.